The fourth-order valence-corrected chi connectivity index (χ4v) is 2.78. The first-order chi connectivity index (χ1) is 7.78. The molecule has 1 fully saturated rings. The topological polar surface area (TPSA) is 26.3 Å². The van der Waals surface area contributed by atoms with E-state index in [1.165, 1.54) is 12.8 Å². The summed E-state index contributed by atoms with van der Waals surface area (Å²) in [5.74, 6) is 0.0334. The van der Waals surface area contributed by atoms with E-state index >= 15 is 0 Å². The normalized spacial score (nSPS) is 21.2. The summed E-state index contributed by atoms with van der Waals surface area (Å²) >= 11 is 0. The quantitative estimate of drug-likeness (QED) is 0.684. The van der Waals surface area contributed by atoms with E-state index in [9.17, 15) is 4.79 Å². The SMILES string of the molecule is CCC(C)C(=O)OC1(CC(C)(C)C)CCCC1. The lowest BCUT2D eigenvalue weighted by atomic mass is 9.80. The van der Waals surface area contributed by atoms with Gasteiger partial charge in [-0.3, -0.25) is 4.79 Å². The summed E-state index contributed by atoms with van der Waals surface area (Å²) in [6.07, 6.45) is 6.35. The number of ether oxygens (including phenoxy) is 1. The molecular formula is C15H28O2. The Hall–Kier alpha value is -0.530. The maximum atomic E-state index is 12.0. The lowest BCUT2D eigenvalue weighted by molar-refractivity contribution is -0.167. The lowest BCUT2D eigenvalue weighted by Crippen LogP contribution is -2.37. The smallest absolute Gasteiger partial charge is 0.309 e. The minimum atomic E-state index is -0.168. The van der Waals surface area contributed by atoms with Crippen LogP contribution in [-0.2, 0) is 9.53 Å². The van der Waals surface area contributed by atoms with Crippen LogP contribution in [0.4, 0.5) is 0 Å². The van der Waals surface area contributed by atoms with E-state index in [1.807, 2.05) is 13.8 Å². The van der Waals surface area contributed by atoms with Crippen molar-refractivity contribution >= 4 is 5.97 Å². The summed E-state index contributed by atoms with van der Waals surface area (Å²) in [6.45, 7) is 10.7. The van der Waals surface area contributed by atoms with Crippen LogP contribution in [0.2, 0.25) is 0 Å². The molecule has 0 radical (unpaired) electrons. The number of carbonyl (C=O) groups is 1. The van der Waals surface area contributed by atoms with Crippen molar-refractivity contribution in [2.24, 2.45) is 11.3 Å². The first-order valence-electron chi connectivity index (χ1n) is 7.01. The first kappa shape index (κ1) is 14.5. The number of hydrogen-bond donors (Lipinski definition) is 0. The predicted octanol–water partition coefficient (Wildman–Crippen LogP) is 4.32. The van der Waals surface area contributed by atoms with Gasteiger partial charge >= 0.3 is 5.97 Å². The van der Waals surface area contributed by atoms with E-state index in [1.54, 1.807) is 0 Å². The van der Waals surface area contributed by atoms with E-state index in [-0.39, 0.29) is 22.9 Å². The Morgan fingerprint density at radius 2 is 1.82 bits per heavy atom. The third kappa shape index (κ3) is 4.33. The molecule has 0 spiro atoms. The van der Waals surface area contributed by atoms with Crippen LogP contribution in [0.15, 0.2) is 0 Å². The molecule has 2 nitrogen and oxygen atoms in total. The molecule has 1 aliphatic rings. The molecule has 0 saturated heterocycles. The maximum absolute atomic E-state index is 12.0. The van der Waals surface area contributed by atoms with Crippen molar-refractivity contribution in [2.45, 2.75) is 78.7 Å². The van der Waals surface area contributed by atoms with Crippen molar-refractivity contribution in [1.82, 2.24) is 0 Å². The summed E-state index contributed by atoms with van der Waals surface area (Å²) in [5.41, 5.74) is 0.0544. The molecule has 0 aliphatic heterocycles. The van der Waals surface area contributed by atoms with Gasteiger partial charge in [0.2, 0.25) is 0 Å². The van der Waals surface area contributed by atoms with Crippen LogP contribution in [-0.4, -0.2) is 11.6 Å². The molecule has 1 unspecified atom stereocenters. The summed E-state index contributed by atoms with van der Waals surface area (Å²) in [7, 11) is 0. The zero-order valence-corrected chi connectivity index (χ0v) is 12.1. The van der Waals surface area contributed by atoms with E-state index in [0.717, 1.165) is 25.7 Å². The average Bonchev–Trinajstić information content (AvgIpc) is 2.62. The Labute approximate surface area is 106 Å². The Kier molecular flexibility index (Phi) is 4.62. The molecule has 17 heavy (non-hydrogen) atoms. The molecule has 0 bridgehead atoms. The average molecular weight is 240 g/mol. The predicted molar refractivity (Wildman–Crippen MR) is 70.8 cm³/mol. The Balaban J connectivity index is 2.69. The van der Waals surface area contributed by atoms with Crippen LogP contribution in [0.3, 0.4) is 0 Å². The Morgan fingerprint density at radius 3 is 2.24 bits per heavy atom. The van der Waals surface area contributed by atoms with Gasteiger partial charge in [-0.2, -0.15) is 0 Å². The Morgan fingerprint density at radius 1 is 1.29 bits per heavy atom. The van der Waals surface area contributed by atoms with Crippen molar-refractivity contribution in [3.05, 3.63) is 0 Å². The van der Waals surface area contributed by atoms with Crippen LogP contribution in [0.25, 0.3) is 0 Å². The van der Waals surface area contributed by atoms with Gasteiger partial charge in [0.15, 0.2) is 0 Å². The van der Waals surface area contributed by atoms with E-state index < -0.39 is 0 Å². The summed E-state index contributed by atoms with van der Waals surface area (Å²) < 4.78 is 5.89. The van der Waals surface area contributed by atoms with Gasteiger partial charge in [0.1, 0.15) is 5.60 Å². The van der Waals surface area contributed by atoms with E-state index in [4.69, 9.17) is 4.74 Å². The lowest BCUT2D eigenvalue weighted by Gasteiger charge is -2.35. The zero-order chi connectivity index (χ0) is 13.1. The monoisotopic (exact) mass is 240 g/mol. The second kappa shape index (κ2) is 5.41. The molecule has 0 aromatic heterocycles. The van der Waals surface area contributed by atoms with Crippen molar-refractivity contribution in [3.8, 4) is 0 Å². The van der Waals surface area contributed by atoms with Crippen molar-refractivity contribution in [1.29, 1.82) is 0 Å². The molecule has 0 aromatic rings. The van der Waals surface area contributed by atoms with Gasteiger partial charge in [0.05, 0.1) is 5.92 Å². The number of esters is 1. The van der Waals surface area contributed by atoms with Crippen molar-refractivity contribution < 1.29 is 9.53 Å². The maximum Gasteiger partial charge on any atom is 0.309 e. The summed E-state index contributed by atoms with van der Waals surface area (Å²) in [6, 6.07) is 0. The molecule has 0 aromatic carbocycles. The van der Waals surface area contributed by atoms with Crippen LogP contribution >= 0.6 is 0 Å². The van der Waals surface area contributed by atoms with Gasteiger partial charge in [-0.05, 0) is 43.9 Å². The molecule has 100 valence electrons. The number of hydrogen-bond acceptors (Lipinski definition) is 2. The fourth-order valence-electron chi connectivity index (χ4n) is 2.78. The zero-order valence-electron chi connectivity index (χ0n) is 12.1. The van der Waals surface area contributed by atoms with Gasteiger partial charge in [-0.25, -0.2) is 0 Å². The number of rotatable bonds is 4. The molecule has 1 saturated carbocycles. The van der Waals surface area contributed by atoms with Crippen molar-refractivity contribution in [2.75, 3.05) is 0 Å². The van der Waals surface area contributed by atoms with Gasteiger partial charge in [0, 0.05) is 0 Å². The van der Waals surface area contributed by atoms with Gasteiger partial charge in [-0.15, -0.1) is 0 Å². The first-order valence-corrected chi connectivity index (χ1v) is 7.01. The Bertz CT molecular complexity index is 257. The molecule has 0 amide bonds. The third-order valence-electron chi connectivity index (χ3n) is 3.70. The van der Waals surface area contributed by atoms with Crippen LogP contribution in [0.1, 0.15) is 73.1 Å². The highest BCUT2D eigenvalue weighted by atomic mass is 16.6. The largest absolute Gasteiger partial charge is 0.459 e. The van der Waals surface area contributed by atoms with Gasteiger partial charge in [-0.1, -0.05) is 34.6 Å². The fraction of sp³-hybridized carbons (Fsp3) is 0.933. The minimum absolute atomic E-state index is 0.00125. The van der Waals surface area contributed by atoms with Gasteiger partial charge in [0.25, 0.3) is 0 Å². The number of carbonyl (C=O) groups excluding carboxylic acids is 1. The highest BCUT2D eigenvalue weighted by molar-refractivity contribution is 5.72. The molecule has 0 N–H and O–H groups in total. The molecule has 2 heteroatoms. The molecular weight excluding hydrogens is 212 g/mol. The van der Waals surface area contributed by atoms with E-state index in [2.05, 4.69) is 20.8 Å². The summed E-state index contributed by atoms with van der Waals surface area (Å²) in [5, 5.41) is 0. The third-order valence-corrected chi connectivity index (χ3v) is 3.70. The molecule has 0 heterocycles. The van der Waals surface area contributed by atoms with Gasteiger partial charge < -0.3 is 4.74 Å². The second-order valence-electron chi connectivity index (χ2n) is 6.86. The molecule has 1 rings (SSSR count). The van der Waals surface area contributed by atoms with Crippen LogP contribution in [0, 0.1) is 11.3 Å². The van der Waals surface area contributed by atoms with Crippen LogP contribution < -0.4 is 0 Å². The molecule has 1 aliphatic carbocycles. The van der Waals surface area contributed by atoms with E-state index in [0.29, 0.717) is 0 Å². The van der Waals surface area contributed by atoms with Crippen molar-refractivity contribution in [3.63, 3.8) is 0 Å². The highest BCUT2D eigenvalue weighted by Gasteiger charge is 2.41. The summed E-state index contributed by atoms with van der Waals surface area (Å²) in [4.78, 5) is 12.0. The molecule has 1 atom stereocenters. The standard InChI is InChI=1S/C15H28O2/c1-6-12(2)13(16)17-15(9-7-8-10-15)11-14(3,4)5/h12H,6-11H2,1-5H3. The highest BCUT2D eigenvalue weighted by Crippen LogP contribution is 2.42. The van der Waals surface area contributed by atoms with Crippen LogP contribution in [0.5, 0.6) is 0 Å². The second-order valence-corrected chi connectivity index (χ2v) is 6.86. The minimum Gasteiger partial charge on any atom is -0.459 e.